The van der Waals surface area contributed by atoms with Crippen LogP contribution in [0.25, 0.3) is 10.8 Å². The SMILES string of the molecule is CCCn1nc(C(=O)NC(C)CC)c2ccccc2c1=O. The number of nitrogens with one attached hydrogen (secondary N) is 1. The van der Waals surface area contributed by atoms with Gasteiger partial charge in [0.1, 0.15) is 0 Å². The number of amides is 1. The van der Waals surface area contributed by atoms with Crippen molar-refractivity contribution in [3.05, 3.63) is 40.3 Å². The molecule has 5 heteroatoms. The Labute approximate surface area is 124 Å². The first kappa shape index (κ1) is 15.2. The van der Waals surface area contributed by atoms with Gasteiger partial charge in [-0.1, -0.05) is 32.0 Å². The molecule has 1 amide bonds. The number of benzene rings is 1. The number of aryl methyl sites for hydroxylation is 1. The Morgan fingerprint density at radius 2 is 1.95 bits per heavy atom. The second-order valence-electron chi connectivity index (χ2n) is 5.21. The summed E-state index contributed by atoms with van der Waals surface area (Å²) in [4.78, 5) is 24.7. The average molecular weight is 287 g/mol. The third kappa shape index (κ3) is 3.12. The van der Waals surface area contributed by atoms with Gasteiger partial charge >= 0.3 is 0 Å². The number of hydrogen-bond donors (Lipinski definition) is 1. The van der Waals surface area contributed by atoms with Crippen molar-refractivity contribution < 1.29 is 4.79 Å². The first-order valence-corrected chi connectivity index (χ1v) is 7.39. The Morgan fingerprint density at radius 1 is 1.29 bits per heavy atom. The maximum atomic E-state index is 12.4. The average Bonchev–Trinajstić information content (AvgIpc) is 2.50. The maximum absolute atomic E-state index is 12.4. The molecule has 0 saturated carbocycles. The molecule has 1 atom stereocenters. The van der Waals surface area contributed by atoms with Crippen LogP contribution in [0.2, 0.25) is 0 Å². The zero-order valence-electron chi connectivity index (χ0n) is 12.7. The van der Waals surface area contributed by atoms with Crippen molar-refractivity contribution in [2.24, 2.45) is 0 Å². The summed E-state index contributed by atoms with van der Waals surface area (Å²) >= 11 is 0. The molecule has 112 valence electrons. The minimum absolute atomic E-state index is 0.0737. The van der Waals surface area contributed by atoms with E-state index in [-0.39, 0.29) is 17.5 Å². The van der Waals surface area contributed by atoms with E-state index in [0.717, 1.165) is 12.8 Å². The number of carbonyl (C=O) groups is 1. The number of carbonyl (C=O) groups excluding carboxylic acids is 1. The molecule has 0 bridgehead atoms. The lowest BCUT2D eigenvalue weighted by molar-refractivity contribution is 0.0933. The number of aromatic nitrogens is 2. The van der Waals surface area contributed by atoms with Gasteiger partial charge in [-0.3, -0.25) is 9.59 Å². The van der Waals surface area contributed by atoms with Crippen molar-refractivity contribution >= 4 is 16.7 Å². The molecule has 2 aromatic rings. The lowest BCUT2D eigenvalue weighted by Crippen LogP contribution is -2.35. The highest BCUT2D eigenvalue weighted by Crippen LogP contribution is 2.13. The summed E-state index contributed by atoms with van der Waals surface area (Å²) in [5, 5.41) is 8.32. The summed E-state index contributed by atoms with van der Waals surface area (Å²) in [5.74, 6) is -0.231. The molecule has 1 N–H and O–H groups in total. The van der Waals surface area contributed by atoms with Crippen molar-refractivity contribution in [1.82, 2.24) is 15.1 Å². The minimum atomic E-state index is -0.231. The van der Waals surface area contributed by atoms with Crippen LogP contribution in [0.3, 0.4) is 0 Å². The second-order valence-corrected chi connectivity index (χ2v) is 5.21. The topological polar surface area (TPSA) is 64.0 Å². The summed E-state index contributed by atoms with van der Waals surface area (Å²) in [6, 6.07) is 7.20. The fourth-order valence-electron chi connectivity index (χ4n) is 2.16. The van der Waals surface area contributed by atoms with Crippen LogP contribution in [-0.4, -0.2) is 21.7 Å². The molecular weight excluding hydrogens is 266 g/mol. The van der Waals surface area contributed by atoms with E-state index >= 15 is 0 Å². The van der Waals surface area contributed by atoms with Crippen molar-refractivity contribution in [3.63, 3.8) is 0 Å². The van der Waals surface area contributed by atoms with Gasteiger partial charge in [-0.2, -0.15) is 5.10 Å². The molecule has 0 aliphatic rings. The molecule has 0 radical (unpaired) electrons. The normalized spacial score (nSPS) is 12.3. The summed E-state index contributed by atoms with van der Waals surface area (Å²) < 4.78 is 1.38. The van der Waals surface area contributed by atoms with Gasteiger partial charge in [0.05, 0.1) is 5.39 Å². The van der Waals surface area contributed by atoms with E-state index in [1.807, 2.05) is 26.8 Å². The van der Waals surface area contributed by atoms with Crippen LogP contribution < -0.4 is 10.9 Å². The van der Waals surface area contributed by atoms with Gasteiger partial charge in [0.15, 0.2) is 5.69 Å². The quantitative estimate of drug-likeness (QED) is 0.918. The van der Waals surface area contributed by atoms with Crippen LogP contribution in [0.15, 0.2) is 29.1 Å². The molecule has 1 heterocycles. The molecule has 5 nitrogen and oxygen atoms in total. The van der Waals surface area contributed by atoms with E-state index in [2.05, 4.69) is 10.4 Å². The molecule has 21 heavy (non-hydrogen) atoms. The zero-order chi connectivity index (χ0) is 15.4. The van der Waals surface area contributed by atoms with E-state index in [1.54, 1.807) is 18.2 Å². The van der Waals surface area contributed by atoms with Gasteiger partial charge in [-0.25, -0.2) is 4.68 Å². The van der Waals surface area contributed by atoms with Crippen LogP contribution >= 0.6 is 0 Å². The highest BCUT2D eigenvalue weighted by Gasteiger charge is 2.17. The summed E-state index contributed by atoms with van der Waals surface area (Å²) in [5.41, 5.74) is 0.173. The van der Waals surface area contributed by atoms with Crippen LogP contribution in [0.5, 0.6) is 0 Å². The second kappa shape index (κ2) is 6.52. The number of fused-ring (bicyclic) bond motifs is 1. The molecule has 0 spiro atoms. The Bertz CT molecular complexity index is 706. The molecular formula is C16H21N3O2. The van der Waals surface area contributed by atoms with E-state index in [4.69, 9.17) is 0 Å². The molecule has 0 saturated heterocycles. The van der Waals surface area contributed by atoms with E-state index in [0.29, 0.717) is 23.0 Å². The highest BCUT2D eigenvalue weighted by atomic mass is 16.2. The lowest BCUT2D eigenvalue weighted by Gasteiger charge is -2.13. The molecule has 0 fully saturated rings. The molecule has 0 aliphatic heterocycles. The van der Waals surface area contributed by atoms with Crippen LogP contribution in [-0.2, 0) is 6.54 Å². The minimum Gasteiger partial charge on any atom is -0.348 e. The third-order valence-electron chi connectivity index (χ3n) is 3.51. The Hall–Kier alpha value is -2.17. The monoisotopic (exact) mass is 287 g/mol. The van der Waals surface area contributed by atoms with Gasteiger partial charge in [0.2, 0.25) is 0 Å². The van der Waals surface area contributed by atoms with E-state index in [1.165, 1.54) is 4.68 Å². The summed E-state index contributed by atoms with van der Waals surface area (Å²) in [7, 11) is 0. The van der Waals surface area contributed by atoms with Crippen molar-refractivity contribution in [2.45, 2.75) is 46.2 Å². The van der Waals surface area contributed by atoms with Gasteiger partial charge in [0, 0.05) is 18.0 Å². The number of nitrogens with zero attached hydrogens (tertiary/aromatic N) is 2. The van der Waals surface area contributed by atoms with Crippen molar-refractivity contribution in [3.8, 4) is 0 Å². The van der Waals surface area contributed by atoms with Gasteiger partial charge in [0.25, 0.3) is 11.5 Å². The van der Waals surface area contributed by atoms with Crippen LogP contribution in [0.1, 0.15) is 44.1 Å². The maximum Gasteiger partial charge on any atom is 0.274 e. The highest BCUT2D eigenvalue weighted by molar-refractivity contribution is 6.04. The molecule has 1 unspecified atom stereocenters. The fraction of sp³-hybridized carbons (Fsp3) is 0.438. The molecule has 2 rings (SSSR count). The summed E-state index contributed by atoms with van der Waals surface area (Å²) in [6.07, 6.45) is 1.63. The van der Waals surface area contributed by atoms with Crippen LogP contribution in [0, 0.1) is 0 Å². The van der Waals surface area contributed by atoms with Gasteiger partial charge in [-0.05, 0) is 25.8 Å². The Balaban J connectivity index is 2.59. The molecule has 1 aromatic carbocycles. The standard InChI is InChI=1S/C16H21N3O2/c1-4-10-19-16(21)13-9-7-6-8-12(13)14(18-19)15(20)17-11(3)5-2/h6-9,11H,4-5,10H2,1-3H3,(H,17,20). The fourth-order valence-corrected chi connectivity index (χ4v) is 2.16. The predicted octanol–water partition coefficient (Wildman–Crippen LogP) is 2.33. The van der Waals surface area contributed by atoms with Crippen molar-refractivity contribution in [1.29, 1.82) is 0 Å². The number of rotatable bonds is 5. The lowest BCUT2D eigenvalue weighted by atomic mass is 10.1. The van der Waals surface area contributed by atoms with Gasteiger partial charge < -0.3 is 5.32 Å². The molecule has 1 aromatic heterocycles. The molecule has 0 aliphatic carbocycles. The van der Waals surface area contributed by atoms with E-state index in [9.17, 15) is 9.59 Å². The smallest absolute Gasteiger partial charge is 0.274 e. The zero-order valence-corrected chi connectivity index (χ0v) is 12.7. The Kier molecular flexibility index (Phi) is 4.73. The summed E-state index contributed by atoms with van der Waals surface area (Å²) in [6.45, 7) is 6.44. The van der Waals surface area contributed by atoms with Crippen molar-refractivity contribution in [2.75, 3.05) is 0 Å². The largest absolute Gasteiger partial charge is 0.348 e. The first-order valence-electron chi connectivity index (χ1n) is 7.39. The van der Waals surface area contributed by atoms with Crippen LogP contribution in [0.4, 0.5) is 0 Å². The van der Waals surface area contributed by atoms with Gasteiger partial charge in [-0.15, -0.1) is 0 Å². The third-order valence-corrected chi connectivity index (χ3v) is 3.51. The predicted molar refractivity (Wildman–Crippen MR) is 83.5 cm³/mol. The number of hydrogen-bond acceptors (Lipinski definition) is 3. The first-order chi connectivity index (χ1) is 10.1. The van der Waals surface area contributed by atoms with E-state index < -0.39 is 0 Å². The Morgan fingerprint density at radius 3 is 2.57 bits per heavy atom.